The van der Waals surface area contributed by atoms with Crippen LogP contribution >= 0.6 is 15.9 Å². The highest BCUT2D eigenvalue weighted by atomic mass is 79.9. The molecule has 0 bridgehead atoms. The molecule has 1 amide bonds. The number of aryl methyl sites for hydroxylation is 1. The Hall–Kier alpha value is -1.17. The molecule has 1 aromatic rings. The Balaban J connectivity index is 2.18. The maximum absolute atomic E-state index is 11.1. The van der Waals surface area contributed by atoms with Crippen LogP contribution in [0.4, 0.5) is 5.82 Å². The number of halogens is 1. The summed E-state index contributed by atoms with van der Waals surface area (Å²) in [6, 6.07) is 1.88. The van der Waals surface area contributed by atoms with Crippen LogP contribution in [0, 0.1) is 5.92 Å². The van der Waals surface area contributed by atoms with Crippen molar-refractivity contribution in [3.05, 3.63) is 16.5 Å². The number of amides is 1. The summed E-state index contributed by atoms with van der Waals surface area (Å²) < 4.78 is 0.780. The van der Waals surface area contributed by atoms with Gasteiger partial charge in [-0.1, -0.05) is 6.92 Å². The second-order valence-electron chi connectivity index (χ2n) is 4.15. The quantitative estimate of drug-likeness (QED) is 0.849. The summed E-state index contributed by atoms with van der Waals surface area (Å²) in [6.07, 6.45) is 1.60. The van der Waals surface area contributed by atoms with Crippen molar-refractivity contribution >= 4 is 27.7 Å². The summed E-state index contributed by atoms with van der Waals surface area (Å²) in [6.45, 7) is 3.49. The Bertz CT molecular complexity index is 437. The molecule has 1 aliphatic rings. The van der Waals surface area contributed by atoms with Crippen molar-refractivity contribution in [1.29, 1.82) is 0 Å². The number of anilines is 1. The zero-order valence-electron chi connectivity index (χ0n) is 9.69. The third-order valence-corrected chi connectivity index (χ3v) is 3.36. The lowest BCUT2D eigenvalue weighted by Crippen LogP contribution is -2.27. The zero-order chi connectivity index (χ0) is 12.4. The second kappa shape index (κ2) is 5.00. The van der Waals surface area contributed by atoms with Crippen LogP contribution in [0.15, 0.2) is 10.7 Å². The first-order valence-corrected chi connectivity index (χ1v) is 6.47. The van der Waals surface area contributed by atoms with Gasteiger partial charge in [-0.15, -0.1) is 0 Å². The van der Waals surface area contributed by atoms with E-state index < -0.39 is 0 Å². The molecule has 5 nitrogen and oxygen atoms in total. The number of nitrogens with two attached hydrogens (primary N) is 1. The van der Waals surface area contributed by atoms with Gasteiger partial charge in [-0.05, 0) is 22.4 Å². The van der Waals surface area contributed by atoms with Crippen molar-refractivity contribution in [1.82, 2.24) is 9.97 Å². The van der Waals surface area contributed by atoms with Crippen molar-refractivity contribution in [2.75, 3.05) is 18.0 Å². The number of carbonyl (C=O) groups excluding carboxylic acids is 1. The lowest BCUT2D eigenvalue weighted by Gasteiger charge is -2.17. The first-order valence-electron chi connectivity index (χ1n) is 5.68. The molecule has 1 aliphatic heterocycles. The molecular formula is C11H15BrN4O. The van der Waals surface area contributed by atoms with Crippen LogP contribution in [0.1, 0.15) is 19.2 Å². The molecule has 0 aromatic carbocycles. The van der Waals surface area contributed by atoms with Crippen molar-refractivity contribution < 1.29 is 4.79 Å². The average Bonchev–Trinajstić information content (AvgIpc) is 2.77. The largest absolute Gasteiger partial charge is 0.369 e. The third-order valence-electron chi connectivity index (χ3n) is 2.96. The summed E-state index contributed by atoms with van der Waals surface area (Å²) >= 11 is 3.38. The number of hydrogen-bond acceptors (Lipinski definition) is 4. The minimum absolute atomic E-state index is 0.0613. The summed E-state index contributed by atoms with van der Waals surface area (Å²) in [5, 5.41) is 0. The molecule has 1 fully saturated rings. The molecular weight excluding hydrogens is 284 g/mol. The molecule has 17 heavy (non-hydrogen) atoms. The van der Waals surface area contributed by atoms with Gasteiger partial charge in [0.2, 0.25) is 5.91 Å². The van der Waals surface area contributed by atoms with Gasteiger partial charge in [0.25, 0.3) is 0 Å². The van der Waals surface area contributed by atoms with Crippen LogP contribution in [-0.4, -0.2) is 29.0 Å². The minimum Gasteiger partial charge on any atom is -0.369 e. The third kappa shape index (κ3) is 2.74. The van der Waals surface area contributed by atoms with Gasteiger partial charge in [-0.3, -0.25) is 4.79 Å². The van der Waals surface area contributed by atoms with E-state index in [1.807, 2.05) is 13.0 Å². The van der Waals surface area contributed by atoms with Gasteiger partial charge < -0.3 is 10.6 Å². The van der Waals surface area contributed by atoms with Crippen molar-refractivity contribution in [2.24, 2.45) is 11.7 Å². The molecule has 1 aromatic heterocycles. The predicted molar refractivity (Wildman–Crippen MR) is 68.6 cm³/mol. The highest BCUT2D eigenvalue weighted by Gasteiger charge is 2.27. The van der Waals surface area contributed by atoms with E-state index in [0.717, 1.165) is 35.6 Å². The minimum atomic E-state index is -0.226. The Kier molecular flexibility index (Phi) is 3.61. The molecule has 1 unspecified atom stereocenters. The zero-order valence-corrected chi connectivity index (χ0v) is 11.3. The van der Waals surface area contributed by atoms with E-state index in [4.69, 9.17) is 5.73 Å². The standard InChI is InChI=1S/C11H15BrN4O/c1-2-9-14-8(12)5-10(15-9)16-4-3-7(6-16)11(13)17/h5,7H,2-4,6H2,1H3,(H2,13,17). The van der Waals surface area contributed by atoms with E-state index in [-0.39, 0.29) is 11.8 Å². The normalized spacial score (nSPS) is 19.6. The number of carbonyl (C=O) groups is 1. The SMILES string of the molecule is CCc1nc(Br)cc(N2CCC(C(N)=O)C2)n1. The number of rotatable bonds is 3. The van der Waals surface area contributed by atoms with E-state index in [2.05, 4.69) is 30.8 Å². The summed E-state index contributed by atoms with van der Waals surface area (Å²) in [5.74, 6) is 1.38. The summed E-state index contributed by atoms with van der Waals surface area (Å²) in [5.41, 5.74) is 5.32. The molecule has 6 heteroatoms. The fourth-order valence-electron chi connectivity index (χ4n) is 1.97. The van der Waals surface area contributed by atoms with Crippen LogP contribution in [0.5, 0.6) is 0 Å². The smallest absolute Gasteiger partial charge is 0.222 e. The van der Waals surface area contributed by atoms with E-state index in [9.17, 15) is 4.79 Å². The van der Waals surface area contributed by atoms with Crippen LogP contribution in [0.25, 0.3) is 0 Å². The first kappa shape index (κ1) is 12.3. The summed E-state index contributed by atoms with van der Waals surface area (Å²) in [7, 11) is 0. The van der Waals surface area contributed by atoms with Crippen LogP contribution in [-0.2, 0) is 11.2 Å². The van der Waals surface area contributed by atoms with Crippen molar-refractivity contribution in [3.63, 3.8) is 0 Å². The van der Waals surface area contributed by atoms with E-state index in [1.54, 1.807) is 0 Å². The Morgan fingerprint density at radius 2 is 2.41 bits per heavy atom. The van der Waals surface area contributed by atoms with Gasteiger partial charge >= 0.3 is 0 Å². The number of primary amides is 1. The molecule has 2 N–H and O–H groups in total. The highest BCUT2D eigenvalue weighted by Crippen LogP contribution is 2.24. The first-order chi connectivity index (χ1) is 8.10. The molecule has 2 heterocycles. The monoisotopic (exact) mass is 298 g/mol. The molecule has 92 valence electrons. The van der Waals surface area contributed by atoms with Crippen molar-refractivity contribution in [3.8, 4) is 0 Å². The Morgan fingerprint density at radius 1 is 1.65 bits per heavy atom. The molecule has 2 rings (SSSR count). The van der Waals surface area contributed by atoms with E-state index >= 15 is 0 Å². The molecule has 1 atom stereocenters. The maximum Gasteiger partial charge on any atom is 0.222 e. The van der Waals surface area contributed by atoms with Gasteiger partial charge in [0, 0.05) is 25.6 Å². The Morgan fingerprint density at radius 3 is 3.00 bits per heavy atom. The maximum atomic E-state index is 11.1. The van der Waals surface area contributed by atoms with Crippen LogP contribution in [0.3, 0.4) is 0 Å². The van der Waals surface area contributed by atoms with Gasteiger partial charge in [-0.25, -0.2) is 9.97 Å². The molecule has 0 spiro atoms. The molecule has 1 saturated heterocycles. The van der Waals surface area contributed by atoms with Gasteiger partial charge in [0.1, 0.15) is 16.2 Å². The number of hydrogen-bond donors (Lipinski definition) is 1. The lowest BCUT2D eigenvalue weighted by atomic mass is 10.1. The summed E-state index contributed by atoms with van der Waals surface area (Å²) in [4.78, 5) is 21.9. The fourth-order valence-corrected chi connectivity index (χ4v) is 2.38. The molecule has 0 saturated carbocycles. The fraction of sp³-hybridized carbons (Fsp3) is 0.545. The Labute approximate surface area is 109 Å². The number of nitrogens with zero attached hydrogens (tertiary/aromatic N) is 3. The predicted octanol–water partition coefficient (Wildman–Crippen LogP) is 1.11. The molecule has 0 radical (unpaired) electrons. The average molecular weight is 299 g/mol. The molecule has 0 aliphatic carbocycles. The van der Waals surface area contributed by atoms with E-state index in [0.29, 0.717) is 6.54 Å². The van der Waals surface area contributed by atoms with Gasteiger partial charge in [-0.2, -0.15) is 0 Å². The lowest BCUT2D eigenvalue weighted by molar-refractivity contribution is -0.121. The van der Waals surface area contributed by atoms with Crippen LogP contribution in [0.2, 0.25) is 0 Å². The topological polar surface area (TPSA) is 72.1 Å². The van der Waals surface area contributed by atoms with E-state index in [1.165, 1.54) is 0 Å². The van der Waals surface area contributed by atoms with Crippen molar-refractivity contribution in [2.45, 2.75) is 19.8 Å². The highest BCUT2D eigenvalue weighted by molar-refractivity contribution is 9.10. The van der Waals surface area contributed by atoms with Gasteiger partial charge in [0.15, 0.2) is 0 Å². The second-order valence-corrected chi connectivity index (χ2v) is 4.97. The van der Waals surface area contributed by atoms with Crippen LogP contribution < -0.4 is 10.6 Å². The van der Waals surface area contributed by atoms with Gasteiger partial charge in [0.05, 0.1) is 5.92 Å². The number of aromatic nitrogens is 2.